The third-order valence-electron chi connectivity index (χ3n) is 4.60. The minimum absolute atomic E-state index is 0.135. The molecule has 1 aromatic carbocycles. The first-order valence-corrected chi connectivity index (χ1v) is 8.25. The molecule has 1 aliphatic rings. The summed E-state index contributed by atoms with van der Waals surface area (Å²) in [5, 5.41) is 0.885. The smallest absolute Gasteiger partial charge is 0.289 e. The summed E-state index contributed by atoms with van der Waals surface area (Å²) in [5.74, 6) is 0.556. The van der Waals surface area contributed by atoms with E-state index in [9.17, 15) is 9.59 Å². The van der Waals surface area contributed by atoms with Crippen LogP contribution in [0.1, 0.15) is 35.9 Å². The number of likely N-dealkylation sites (tertiary alicyclic amines) is 1. The van der Waals surface area contributed by atoms with Crippen molar-refractivity contribution in [2.45, 2.75) is 26.7 Å². The molecule has 6 nitrogen and oxygen atoms in total. The van der Waals surface area contributed by atoms with Crippen molar-refractivity contribution in [1.29, 1.82) is 0 Å². The van der Waals surface area contributed by atoms with Gasteiger partial charge in [0.15, 0.2) is 5.76 Å². The van der Waals surface area contributed by atoms with Crippen molar-refractivity contribution in [3.8, 4) is 5.75 Å². The van der Waals surface area contributed by atoms with Crippen LogP contribution < -0.4 is 10.5 Å². The van der Waals surface area contributed by atoms with Gasteiger partial charge in [-0.2, -0.15) is 0 Å². The van der Waals surface area contributed by atoms with Crippen LogP contribution in [0.5, 0.6) is 5.75 Å². The zero-order valence-electron chi connectivity index (χ0n) is 14.0. The molecule has 2 N–H and O–H groups in total. The molecule has 128 valence electrons. The Labute approximate surface area is 140 Å². The van der Waals surface area contributed by atoms with Gasteiger partial charge in [-0.25, -0.2) is 0 Å². The number of hydrogen-bond donors (Lipinski definition) is 1. The molecular weight excluding hydrogens is 308 g/mol. The lowest BCUT2D eigenvalue weighted by molar-refractivity contribution is -0.123. The highest BCUT2D eigenvalue weighted by Crippen LogP contribution is 2.30. The molecule has 24 heavy (non-hydrogen) atoms. The lowest BCUT2D eigenvalue weighted by Gasteiger charge is -2.30. The maximum absolute atomic E-state index is 12.8. The molecular formula is C18H22N2O4. The van der Waals surface area contributed by atoms with Gasteiger partial charge in [-0.1, -0.05) is 0 Å². The Morgan fingerprint density at radius 1 is 1.33 bits per heavy atom. The van der Waals surface area contributed by atoms with E-state index in [2.05, 4.69) is 0 Å². The molecule has 2 heterocycles. The number of primary amides is 1. The molecule has 0 saturated carbocycles. The molecule has 1 saturated heterocycles. The van der Waals surface area contributed by atoms with Crippen molar-refractivity contribution in [2.24, 2.45) is 11.7 Å². The molecule has 2 amide bonds. The van der Waals surface area contributed by atoms with E-state index in [-0.39, 0.29) is 17.7 Å². The number of amides is 2. The van der Waals surface area contributed by atoms with Crippen molar-refractivity contribution in [3.05, 3.63) is 29.5 Å². The lowest BCUT2D eigenvalue weighted by Crippen LogP contribution is -2.41. The van der Waals surface area contributed by atoms with Gasteiger partial charge in [0.2, 0.25) is 5.91 Å². The Hall–Kier alpha value is -2.50. The summed E-state index contributed by atoms with van der Waals surface area (Å²) in [5.41, 5.74) is 6.83. The zero-order chi connectivity index (χ0) is 17.3. The molecule has 0 aliphatic carbocycles. The quantitative estimate of drug-likeness (QED) is 0.933. The Bertz CT molecular complexity index is 773. The Morgan fingerprint density at radius 3 is 2.67 bits per heavy atom. The van der Waals surface area contributed by atoms with Gasteiger partial charge < -0.3 is 19.8 Å². The van der Waals surface area contributed by atoms with Gasteiger partial charge in [-0.05, 0) is 44.9 Å². The number of carbonyl (C=O) groups is 2. The number of piperidine rings is 1. The number of carbonyl (C=O) groups excluding carboxylic acids is 2. The van der Waals surface area contributed by atoms with Crippen LogP contribution in [0.2, 0.25) is 0 Å². The fourth-order valence-corrected chi connectivity index (χ4v) is 3.17. The van der Waals surface area contributed by atoms with Crippen LogP contribution in [-0.4, -0.2) is 36.4 Å². The summed E-state index contributed by atoms with van der Waals surface area (Å²) in [6, 6.07) is 5.55. The second-order valence-electron chi connectivity index (χ2n) is 6.12. The predicted molar refractivity (Wildman–Crippen MR) is 89.9 cm³/mol. The minimum Gasteiger partial charge on any atom is -0.494 e. The summed E-state index contributed by atoms with van der Waals surface area (Å²) in [4.78, 5) is 25.7. The third kappa shape index (κ3) is 2.96. The van der Waals surface area contributed by atoms with Crippen LogP contribution in [0.4, 0.5) is 0 Å². The molecule has 1 fully saturated rings. The van der Waals surface area contributed by atoms with Crippen molar-refractivity contribution >= 4 is 22.8 Å². The number of hydrogen-bond acceptors (Lipinski definition) is 4. The van der Waals surface area contributed by atoms with Crippen LogP contribution in [0.25, 0.3) is 11.0 Å². The Kier molecular flexibility index (Phi) is 4.46. The van der Waals surface area contributed by atoms with Crippen LogP contribution in [0.3, 0.4) is 0 Å². The van der Waals surface area contributed by atoms with E-state index in [1.807, 2.05) is 32.0 Å². The minimum atomic E-state index is -0.287. The van der Waals surface area contributed by atoms with Crippen LogP contribution in [-0.2, 0) is 4.79 Å². The number of aryl methyl sites for hydroxylation is 1. The molecule has 6 heteroatoms. The molecule has 0 spiro atoms. The monoisotopic (exact) mass is 330 g/mol. The SMILES string of the molecule is CCOc1ccc2oc(C(=O)N3CCC(C(N)=O)CC3)c(C)c2c1. The number of benzene rings is 1. The first kappa shape index (κ1) is 16.4. The Balaban J connectivity index is 1.83. The van der Waals surface area contributed by atoms with E-state index in [1.54, 1.807) is 4.90 Å². The van der Waals surface area contributed by atoms with E-state index >= 15 is 0 Å². The van der Waals surface area contributed by atoms with Gasteiger partial charge in [0, 0.05) is 30.0 Å². The second kappa shape index (κ2) is 6.55. The highest BCUT2D eigenvalue weighted by molar-refractivity contribution is 5.99. The molecule has 3 rings (SSSR count). The molecule has 0 radical (unpaired) electrons. The van der Waals surface area contributed by atoms with Crippen LogP contribution >= 0.6 is 0 Å². The number of nitrogens with two attached hydrogens (primary N) is 1. The van der Waals surface area contributed by atoms with Gasteiger partial charge in [0.1, 0.15) is 11.3 Å². The highest BCUT2D eigenvalue weighted by Gasteiger charge is 2.29. The molecule has 0 atom stereocenters. The molecule has 1 aromatic heterocycles. The van der Waals surface area contributed by atoms with E-state index in [4.69, 9.17) is 14.9 Å². The number of rotatable bonds is 4. The van der Waals surface area contributed by atoms with E-state index in [1.165, 1.54) is 0 Å². The number of furan rings is 1. The van der Waals surface area contributed by atoms with Crippen molar-refractivity contribution < 1.29 is 18.7 Å². The van der Waals surface area contributed by atoms with E-state index < -0.39 is 0 Å². The van der Waals surface area contributed by atoms with Crippen LogP contribution in [0.15, 0.2) is 22.6 Å². The van der Waals surface area contributed by atoms with Gasteiger partial charge >= 0.3 is 0 Å². The number of fused-ring (bicyclic) bond motifs is 1. The van der Waals surface area contributed by atoms with Crippen molar-refractivity contribution in [3.63, 3.8) is 0 Å². The summed E-state index contributed by atoms with van der Waals surface area (Å²) < 4.78 is 11.3. The topological polar surface area (TPSA) is 85.8 Å². The van der Waals surface area contributed by atoms with Crippen molar-refractivity contribution in [2.75, 3.05) is 19.7 Å². The molecule has 2 aromatic rings. The number of nitrogens with zero attached hydrogens (tertiary/aromatic N) is 1. The third-order valence-corrected chi connectivity index (χ3v) is 4.60. The summed E-state index contributed by atoms with van der Waals surface area (Å²) in [6.45, 7) is 5.44. The fraction of sp³-hybridized carbons (Fsp3) is 0.444. The molecule has 0 bridgehead atoms. The van der Waals surface area contributed by atoms with Gasteiger partial charge in [0.25, 0.3) is 5.91 Å². The van der Waals surface area contributed by atoms with Gasteiger partial charge in [-0.3, -0.25) is 9.59 Å². The largest absolute Gasteiger partial charge is 0.494 e. The van der Waals surface area contributed by atoms with Gasteiger partial charge in [0.05, 0.1) is 6.61 Å². The standard InChI is InChI=1S/C18H22N2O4/c1-3-23-13-4-5-15-14(10-13)11(2)16(24-15)18(22)20-8-6-12(7-9-20)17(19)21/h4-5,10,12H,3,6-9H2,1-2H3,(H2,19,21). The summed E-state index contributed by atoms with van der Waals surface area (Å²) in [6.07, 6.45) is 1.21. The highest BCUT2D eigenvalue weighted by atomic mass is 16.5. The van der Waals surface area contributed by atoms with Crippen molar-refractivity contribution in [1.82, 2.24) is 4.90 Å². The molecule has 1 aliphatic heterocycles. The fourth-order valence-electron chi connectivity index (χ4n) is 3.17. The Morgan fingerprint density at radius 2 is 2.04 bits per heavy atom. The zero-order valence-corrected chi connectivity index (χ0v) is 14.0. The summed E-state index contributed by atoms with van der Waals surface area (Å²) >= 11 is 0. The average molecular weight is 330 g/mol. The first-order valence-electron chi connectivity index (χ1n) is 8.25. The van der Waals surface area contributed by atoms with Crippen LogP contribution in [0, 0.1) is 12.8 Å². The normalized spacial score (nSPS) is 15.7. The lowest BCUT2D eigenvalue weighted by atomic mass is 9.96. The average Bonchev–Trinajstić information content (AvgIpc) is 2.91. The first-order chi connectivity index (χ1) is 11.5. The second-order valence-corrected chi connectivity index (χ2v) is 6.12. The molecule has 0 unspecified atom stereocenters. The summed E-state index contributed by atoms with van der Waals surface area (Å²) in [7, 11) is 0. The van der Waals surface area contributed by atoms with E-state index in [0.29, 0.717) is 43.9 Å². The number of ether oxygens (including phenoxy) is 1. The predicted octanol–water partition coefficient (Wildman–Crippen LogP) is 2.48. The maximum Gasteiger partial charge on any atom is 0.289 e. The van der Waals surface area contributed by atoms with Gasteiger partial charge in [-0.15, -0.1) is 0 Å². The maximum atomic E-state index is 12.8. The van der Waals surface area contributed by atoms with E-state index in [0.717, 1.165) is 16.7 Å².